The molecule has 0 aliphatic heterocycles. The number of fused-ring (bicyclic) bond motifs is 1. The highest BCUT2D eigenvalue weighted by Gasteiger charge is 2.24. The molecular weight excluding hydrogens is 360 g/mol. The smallest absolute Gasteiger partial charge is 0.253 e. The van der Waals surface area contributed by atoms with E-state index in [0.29, 0.717) is 10.8 Å². The van der Waals surface area contributed by atoms with Gasteiger partial charge in [-0.25, -0.2) is 8.42 Å². The average Bonchev–Trinajstić information content (AvgIpc) is 3.47. The van der Waals surface area contributed by atoms with Crippen LogP contribution in [0.2, 0.25) is 0 Å². The van der Waals surface area contributed by atoms with Crippen LogP contribution in [-0.4, -0.2) is 25.8 Å². The number of nitrogens with zero attached hydrogens (tertiary/aromatic N) is 1. The van der Waals surface area contributed by atoms with Crippen molar-refractivity contribution in [1.29, 1.82) is 0 Å². The fraction of sp³-hybridized carbons (Fsp3) is 0.476. The molecule has 4 rings (SSSR count). The van der Waals surface area contributed by atoms with Crippen LogP contribution in [0.5, 0.6) is 0 Å². The topological polar surface area (TPSA) is 68.2 Å². The highest BCUT2D eigenvalue weighted by atomic mass is 32.2. The Morgan fingerprint density at radius 1 is 1.11 bits per heavy atom. The minimum absolute atomic E-state index is 0.0696. The number of rotatable bonds is 5. The van der Waals surface area contributed by atoms with Gasteiger partial charge in [-0.05, 0) is 68.2 Å². The summed E-state index contributed by atoms with van der Waals surface area (Å²) in [6.07, 6.45) is 9.36. The van der Waals surface area contributed by atoms with Gasteiger partial charge in [-0.1, -0.05) is 0 Å². The Morgan fingerprint density at radius 2 is 1.81 bits per heavy atom. The third-order valence-electron chi connectivity index (χ3n) is 5.68. The Labute approximate surface area is 160 Å². The predicted octanol–water partition coefficient (Wildman–Crippen LogP) is 3.16. The van der Waals surface area contributed by atoms with Crippen LogP contribution in [-0.2, 0) is 29.7 Å². The molecule has 1 fully saturated rings. The third kappa shape index (κ3) is 3.68. The van der Waals surface area contributed by atoms with Crippen molar-refractivity contribution in [2.45, 2.75) is 43.4 Å². The van der Waals surface area contributed by atoms with Gasteiger partial charge in [-0.2, -0.15) is 0 Å². The number of hydrogen-bond acceptors (Lipinski definition) is 4. The summed E-state index contributed by atoms with van der Waals surface area (Å²) in [6, 6.07) is 5.30. The van der Waals surface area contributed by atoms with E-state index in [1.807, 2.05) is 12.3 Å². The maximum atomic E-state index is 12.6. The fourth-order valence-electron chi connectivity index (χ4n) is 3.92. The Balaban J connectivity index is 1.90. The molecule has 27 heavy (non-hydrogen) atoms. The maximum Gasteiger partial charge on any atom is 0.253 e. The van der Waals surface area contributed by atoms with E-state index in [0.717, 1.165) is 60.2 Å². The Morgan fingerprint density at radius 3 is 2.48 bits per heavy atom. The van der Waals surface area contributed by atoms with Gasteiger partial charge in [-0.15, -0.1) is 0 Å². The van der Waals surface area contributed by atoms with Crippen LogP contribution >= 0.6 is 0 Å². The van der Waals surface area contributed by atoms with Crippen molar-refractivity contribution in [2.24, 2.45) is 13.0 Å². The fourth-order valence-corrected chi connectivity index (χ4v) is 4.57. The van der Waals surface area contributed by atoms with Gasteiger partial charge < -0.3 is 9.88 Å². The molecule has 0 atom stereocenters. The summed E-state index contributed by atoms with van der Waals surface area (Å²) in [5.41, 5.74) is 4.85. The van der Waals surface area contributed by atoms with Crippen LogP contribution < -0.4 is 10.9 Å². The highest BCUT2D eigenvalue weighted by molar-refractivity contribution is 7.90. The molecule has 144 valence electrons. The first-order chi connectivity index (χ1) is 12.8. The SMILES string of the molecule is Cn1cc(-c2cc(S(C)(=O)=O)ccc2NCC2CC2)c2c(c1=O)CCCC2. The lowest BCUT2D eigenvalue weighted by Crippen LogP contribution is -2.25. The monoisotopic (exact) mass is 386 g/mol. The number of sulfone groups is 1. The van der Waals surface area contributed by atoms with Crippen LogP contribution in [0.4, 0.5) is 5.69 Å². The van der Waals surface area contributed by atoms with E-state index >= 15 is 0 Å². The van der Waals surface area contributed by atoms with Crippen LogP contribution in [0.3, 0.4) is 0 Å². The molecule has 5 nitrogen and oxygen atoms in total. The molecule has 1 aromatic carbocycles. The molecule has 1 N–H and O–H groups in total. The molecule has 0 bridgehead atoms. The van der Waals surface area contributed by atoms with E-state index in [2.05, 4.69) is 5.32 Å². The molecule has 2 aromatic rings. The predicted molar refractivity (Wildman–Crippen MR) is 108 cm³/mol. The van der Waals surface area contributed by atoms with E-state index < -0.39 is 9.84 Å². The minimum atomic E-state index is -3.30. The number of hydrogen-bond donors (Lipinski definition) is 1. The van der Waals surface area contributed by atoms with Crippen LogP contribution in [0, 0.1) is 5.92 Å². The summed E-state index contributed by atoms with van der Waals surface area (Å²) in [5, 5.41) is 3.51. The van der Waals surface area contributed by atoms with Crippen molar-refractivity contribution in [3.8, 4) is 11.1 Å². The summed E-state index contributed by atoms with van der Waals surface area (Å²) >= 11 is 0. The van der Waals surface area contributed by atoms with E-state index in [1.165, 1.54) is 19.1 Å². The van der Waals surface area contributed by atoms with E-state index in [9.17, 15) is 13.2 Å². The number of pyridine rings is 1. The summed E-state index contributed by atoms with van der Waals surface area (Å²) in [6.45, 7) is 0.902. The van der Waals surface area contributed by atoms with Crippen LogP contribution in [0.1, 0.15) is 36.8 Å². The lowest BCUT2D eigenvalue weighted by atomic mass is 9.87. The molecular formula is C21H26N2O3S. The lowest BCUT2D eigenvalue weighted by Gasteiger charge is -2.22. The molecule has 0 amide bonds. The zero-order valence-electron chi connectivity index (χ0n) is 15.9. The molecule has 1 aromatic heterocycles. The average molecular weight is 387 g/mol. The van der Waals surface area contributed by atoms with Gasteiger partial charge in [0.25, 0.3) is 5.56 Å². The van der Waals surface area contributed by atoms with Crippen molar-refractivity contribution in [2.75, 3.05) is 18.1 Å². The van der Waals surface area contributed by atoms with Gasteiger partial charge in [0.05, 0.1) is 4.90 Å². The van der Waals surface area contributed by atoms with Gasteiger partial charge in [0.15, 0.2) is 9.84 Å². The summed E-state index contributed by atoms with van der Waals surface area (Å²) in [7, 11) is -1.53. The van der Waals surface area contributed by atoms with Gasteiger partial charge >= 0.3 is 0 Å². The first-order valence-corrected chi connectivity index (χ1v) is 11.5. The second-order valence-electron chi connectivity index (χ2n) is 7.93. The molecule has 1 saturated carbocycles. The van der Waals surface area contributed by atoms with Gasteiger partial charge in [0.1, 0.15) is 0 Å². The zero-order valence-corrected chi connectivity index (χ0v) is 16.7. The second-order valence-corrected chi connectivity index (χ2v) is 9.94. The van der Waals surface area contributed by atoms with E-state index in [4.69, 9.17) is 0 Å². The number of aromatic nitrogens is 1. The van der Waals surface area contributed by atoms with Gasteiger partial charge in [0.2, 0.25) is 0 Å². The zero-order chi connectivity index (χ0) is 19.2. The Bertz CT molecular complexity index is 1050. The summed E-state index contributed by atoms with van der Waals surface area (Å²) in [5.74, 6) is 0.710. The standard InChI is InChI=1S/C21H26N2O3S/c1-23-13-19(16-5-3-4-6-17(16)21(23)24)18-11-15(27(2,25)26)9-10-20(18)22-12-14-7-8-14/h9-11,13-14,22H,3-8,12H2,1-2H3. The number of benzene rings is 1. The summed E-state index contributed by atoms with van der Waals surface area (Å²) < 4.78 is 25.9. The number of aryl methyl sites for hydroxylation is 1. The van der Waals surface area contributed by atoms with Crippen molar-refractivity contribution < 1.29 is 8.42 Å². The van der Waals surface area contributed by atoms with Crippen molar-refractivity contribution in [3.05, 3.63) is 45.9 Å². The normalized spacial score (nSPS) is 16.8. The first kappa shape index (κ1) is 18.3. The number of nitrogens with one attached hydrogen (secondary N) is 1. The Kier molecular flexibility index (Phi) is 4.62. The van der Waals surface area contributed by atoms with Gasteiger partial charge in [-0.3, -0.25) is 4.79 Å². The van der Waals surface area contributed by atoms with Crippen molar-refractivity contribution in [1.82, 2.24) is 4.57 Å². The largest absolute Gasteiger partial charge is 0.384 e. The van der Waals surface area contributed by atoms with Crippen molar-refractivity contribution in [3.63, 3.8) is 0 Å². The molecule has 1 heterocycles. The quantitative estimate of drug-likeness (QED) is 0.857. The molecule has 0 spiro atoms. The third-order valence-corrected chi connectivity index (χ3v) is 6.79. The molecule has 0 saturated heterocycles. The van der Waals surface area contributed by atoms with Crippen LogP contribution in [0.25, 0.3) is 11.1 Å². The molecule has 2 aliphatic rings. The molecule has 0 unspecified atom stereocenters. The minimum Gasteiger partial charge on any atom is -0.384 e. The first-order valence-electron chi connectivity index (χ1n) is 9.64. The van der Waals surface area contributed by atoms with Gasteiger partial charge in [0, 0.05) is 48.4 Å². The highest BCUT2D eigenvalue weighted by Crippen LogP contribution is 2.37. The molecule has 2 aliphatic carbocycles. The van der Waals surface area contributed by atoms with Crippen molar-refractivity contribution >= 4 is 15.5 Å². The summed E-state index contributed by atoms with van der Waals surface area (Å²) in [4.78, 5) is 12.9. The van der Waals surface area contributed by atoms with E-state index in [1.54, 1.807) is 23.7 Å². The van der Waals surface area contributed by atoms with E-state index in [-0.39, 0.29) is 5.56 Å². The second kappa shape index (κ2) is 6.82. The lowest BCUT2D eigenvalue weighted by molar-refractivity contribution is 0.602. The number of anilines is 1. The Hall–Kier alpha value is -2.08. The molecule has 0 radical (unpaired) electrons. The molecule has 6 heteroatoms. The van der Waals surface area contributed by atoms with Crippen LogP contribution in [0.15, 0.2) is 34.1 Å². The maximum absolute atomic E-state index is 12.6.